The zero-order chi connectivity index (χ0) is 13.0. The maximum Gasteiger partial charge on any atom is 0.263 e. The highest BCUT2D eigenvalue weighted by molar-refractivity contribution is 7.92. The molecular weight excluding hydrogens is 250 g/mol. The Bertz CT molecular complexity index is 610. The summed E-state index contributed by atoms with van der Waals surface area (Å²) in [5.74, 6) is 0.301. The number of rotatable bonds is 4. The molecule has 94 valence electrons. The van der Waals surface area contributed by atoms with Gasteiger partial charge in [0.05, 0.1) is 4.90 Å². The third-order valence-electron chi connectivity index (χ3n) is 2.36. The van der Waals surface area contributed by atoms with Gasteiger partial charge in [0.1, 0.15) is 5.82 Å². The van der Waals surface area contributed by atoms with Gasteiger partial charge in [-0.2, -0.15) is 0 Å². The summed E-state index contributed by atoms with van der Waals surface area (Å²) in [6.07, 6.45) is 1.53. The largest absolute Gasteiger partial charge is 0.388 e. The van der Waals surface area contributed by atoms with Crippen molar-refractivity contribution in [3.05, 3.63) is 48.7 Å². The van der Waals surface area contributed by atoms with E-state index in [9.17, 15) is 8.42 Å². The first-order valence-electron chi connectivity index (χ1n) is 5.33. The van der Waals surface area contributed by atoms with Gasteiger partial charge >= 0.3 is 0 Å². The van der Waals surface area contributed by atoms with Crippen LogP contribution in [0.4, 0.5) is 11.5 Å². The van der Waals surface area contributed by atoms with Crippen LogP contribution in [0.5, 0.6) is 0 Å². The monoisotopic (exact) mass is 263 g/mol. The van der Waals surface area contributed by atoms with E-state index in [-0.39, 0.29) is 4.90 Å². The fraction of sp³-hybridized carbons (Fsp3) is 0.0833. The number of hydrogen-bond donors (Lipinski definition) is 2. The highest BCUT2D eigenvalue weighted by Gasteiger charge is 2.14. The molecule has 0 saturated heterocycles. The summed E-state index contributed by atoms with van der Waals surface area (Å²) in [5.41, 5.74) is 0.854. The topological polar surface area (TPSA) is 71.1 Å². The molecule has 0 spiro atoms. The Labute approximate surface area is 106 Å². The van der Waals surface area contributed by atoms with Crippen molar-refractivity contribution in [2.75, 3.05) is 17.1 Å². The summed E-state index contributed by atoms with van der Waals surface area (Å²) in [6, 6.07) is 11.5. The second-order valence-corrected chi connectivity index (χ2v) is 5.28. The lowest BCUT2D eigenvalue weighted by Crippen LogP contribution is -2.13. The fourth-order valence-electron chi connectivity index (χ4n) is 1.42. The Balaban J connectivity index is 2.25. The molecule has 0 fully saturated rings. The van der Waals surface area contributed by atoms with Gasteiger partial charge in [0.2, 0.25) is 0 Å². The molecule has 2 aromatic rings. The van der Waals surface area contributed by atoms with E-state index in [2.05, 4.69) is 15.0 Å². The molecule has 18 heavy (non-hydrogen) atoms. The van der Waals surface area contributed by atoms with Gasteiger partial charge in [-0.05, 0) is 36.4 Å². The molecule has 2 N–H and O–H groups in total. The Morgan fingerprint density at radius 2 is 1.78 bits per heavy atom. The number of nitrogens with one attached hydrogen (secondary N) is 2. The summed E-state index contributed by atoms with van der Waals surface area (Å²) in [4.78, 5) is 4.12. The second kappa shape index (κ2) is 5.05. The summed E-state index contributed by atoms with van der Waals surface area (Å²) < 4.78 is 26.5. The lowest BCUT2D eigenvalue weighted by atomic mass is 10.3. The third-order valence-corrected chi connectivity index (χ3v) is 3.73. The number of nitrogens with zero attached hydrogens (tertiary/aromatic N) is 1. The van der Waals surface area contributed by atoms with Crippen molar-refractivity contribution in [2.45, 2.75) is 4.90 Å². The van der Waals surface area contributed by atoms with E-state index in [4.69, 9.17) is 0 Å². The van der Waals surface area contributed by atoms with Crippen molar-refractivity contribution in [2.24, 2.45) is 0 Å². The Morgan fingerprint density at radius 1 is 1.06 bits per heavy atom. The van der Waals surface area contributed by atoms with E-state index in [1.807, 2.05) is 0 Å². The number of aromatic nitrogens is 1. The van der Waals surface area contributed by atoms with Gasteiger partial charge in [-0.3, -0.25) is 4.72 Å². The maximum absolute atomic E-state index is 12.0. The fourth-order valence-corrected chi connectivity index (χ4v) is 2.43. The number of anilines is 2. The third kappa shape index (κ3) is 2.78. The molecule has 5 nitrogen and oxygen atoms in total. The molecule has 0 aliphatic carbocycles. The van der Waals surface area contributed by atoms with E-state index in [1.165, 1.54) is 18.3 Å². The molecule has 1 heterocycles. The maximum atomic E-state index is 12.0. The van der Waals surface area contributed by atoms with Crippen molar-refractivity contribution >= 4 is 21.5 Å². The van der Waals surface area contributed by atoms with Crippen LogP contribution in [0.2, 0.25) is 0 Å². The van der Waals surface area contributed by atoms with Crippen LogP contribution >= 0.6 is 0 Å². The predicted octanol–water partition coefficient (Wildman–Crippen LogP) is 1.92. The van der Waals surface area contributed by atoms with Crippen molar-refractivity contribution < 1.29 is 8.42 Å². The normalized spacial score (nSPS) is 10.9. The zero-order valence-electron chi connectivity index (χ0n) is 9.79. The average molecular weight is 263 g/mol. The van der Waals surface area contributed by atoms with Crippen LogP contribution < -0.4 is 10.0 Å². The molecule has 0 aliphatic rings. The second-order valence-electron chi connectivity index (χ2n) is 3.59. The van der Waals surface area contributed by atoms with Gasteiger partial charge in [-0.1, -0.05) is 6.07 Å². The van der Waals surface area contributed by atoms with Gasteiger partial charge in [0.15, 0.2) is 0 Å². The van der Waals surface area contributed by atoms with Crippen molar-refractivity contribution in [3.63, 3.8) is 0 Å². The first-order valence-corrected chi connectivity index (χ1v) is 6.82. The van der Waals surface area contributed by atoms with Crippen LogP contribution in [0.3, 0.4) is 0 Å². The van der Waals surface area contributed by atoms with Crippen LogP contribution in [-0.4, -0.2) is 20.4 Å². The molecule has 0 radical (unpaired) electrons. The Morgan fingerprint density at radius 3 is 2.33 bits per heavy atom. The van der Waals surface area contributed by atoms with Crippen LogP contribution in [0.1, 0.15) is 0 Å². The molecule has 0 atom stereocenters. The standard InChI is InChI=1S/C12H13N3O2S/c1-13-10-5-7-11(8-6-10)18(16,17)15-12-4-2-3-9-14-12/h2-9,13H,1H3,(H,14,15). The van der Waals surface area contributed by atoms with E-state index in [1.54, 1.807) is 37.4 Å². The number of pyridine rings is 1. The first-order chi connectivity index (χ1) is 8.62. The number of hydrogen-bond acceptors (Lipinski definition) is 4. The molecule has 2 rings (SSSR count). The SMILES string of the molecule is CNc1ccc(S(=O)(=O)Nc2ccccn2)cc1. The molecule has 0 amide bonds. The average Bonchev–Trinajstić information content (AvgIpc) is 2.39. The highest BCUT2D eigenvalue weighted by atomic mass is 32.2. The Kier molecular flexibility index (Phi) is 3.47. The van der Waals surface area contributed by atoms with Crippen molar-refractivity contribution in [1.29, 1.82) is 0 Å². The summed E-state index contributed by atoms with van der Waals surface area (Å²) >= 11 is 0. The van der Waals surface area contributed by atoms with E-state index < -0.39 is 10.0 Å². The minimum Gasteiger partial charge on any atom is -0.388 e. The van der Waals surface area contributed by atoms with E-state index >= 15 is 0 Å². The smallest absolute Gasteiger partial charge is 0.263 e. The molecule has 6 heteroatoms. The van der Waals surface area contributed by atoms with Crippen LogP contribution in [-0.2, 0) is 10.0 Å². The van der Waals surface area contributed by atoms with Gasteiger partial charge in [0.25, 0.3) is 10.0 Å². The predicted molar refractivity (Wildman–Crippen MR) is 71.0 cm³/mol. The zero-order valence-corrected chi connectivity index (χ0v) is 10.6. The van der Waals surface area contributed by atoms with Gasteiger partial charge < -0.3 is 5.32 Å². The van der Waals surface area contributed by atoms with Gasteiger partial charge in [-0.15, -0.1) is 0 Å². The van der Waals surface area contributed by atoms with Crippen molar-refractivity contribution in [1.82, 2.24) is 4.98 Å². The van der Waals surface area contributed by atoms with Crippen LogP contribution in [0.25, 0.3) is 0 Å². The molecule has 0 bridgehead atoms. The van der Waals surface area contributed by atoms with E-state index in [0.29, 0.717) is 5.82 Å². The van der Waals surface area contributed by atoms with Gasteiger partial charge in [0, 0.05) is 18.9 Å². The lowest BCUT2D eigenvalue weighted by molar-refractivity contribution is 0.601. The Hall–Kier alpha value is -2.08. The van der Waals surface area contributed by atoms with Crippen LogP contribution in [0, 0.1) is 0 Å². The van der Waals surface area contributed by atoms with E-state index in [0.717, 1.165) is 5.69 Å². The first kappa shape index (κ1) is 12.4. The minimum atomic E-state index is -3.58. The molecule has 0 aliphatic heterocycles. The lowest BCUT2D eigenvalue weighted by Gasteiger charge is -2.07. The summed E-state index contributed by atoms with van der Waals surface area (Å²) in [5, 5.41) is 2.93. The number of benzene rings is 1. The highest BCUT2D eigenvalue weighted by Crippen LogP contribution is 2.16. The molecule has 1 aromatic carbocycles. The molecule has 1 aromatic heterocycles. The quantitative estimate of drug-likeness (QED) is 0.884. The summed E-state index contributed by atoms with van der Waals surface area (Å²) in [6.45, 7) is 0. The van der Waals surface area contributed by atoms with Gasteiger partial charge in [-0.25, -0.2) is 13.4 Å². The van der Waals surface area contributed by atoms with Crippen molar-refractivity contribution in [3.8, 4) is 0 Å². The van der Waals surface area contributed by atoms with Crippen LogP contribution in [0.15, 0.2) is 53.6 Å². The minimum absolute atomic E-state index is 0.201. The molecule has 0 unspecified atom stereocenters. The summed E-state index contributed by atoms with van der Waals surface area (Å²) in [7, 11) is -1.81. The number of sulfonamides is 1. The molecular formula is C12H13N3O2S. The molecule has 0 saturated carbocycles.